The summed E-state index contributed by atoms with van der Waals surface area (Å²) in [6.07, 6.45) is 2.78. The number of ether oxygens (including phenoxy) is 1. The smallest absolute Gasteiger partial charge is 0.0780 e. The van der Waals surface area contributed by atoms with Crippen LogP contribution in [-0.2, 0) is 27.4 Å². The molecule has 2 aliphatic heterocycles. The largest absolute Gasteiger partial charge is 0.376 e. The maximum Gasteiger partial charge on any atom is 0.0780 e. The third-order valence-corrected chi connectivity index (χ3v) is 8.19. The van der Waals surface area contributed by atoms with E-state index in [0.29, 0.717) is 24.0 Å². The molecular formula is C30H48N2O. The van der Waals surface area contributed by atoms with E-state index in [9.17, 15) is 0 Å². The molecule has 4 atom stereocenters. The second-order valence-electron chi connectivity index (χ2n) is 14.2. The summed E-state index contributed by atoms with van der Waals surface area (Å²) in [6.45, 7) is 25.6. The molecule has 0 spiro atoms. The molecule has 0 saturated carbocycles. The van der Waals surface area contributed by atoms with Gasteiger partial charge in [-0.2, -0.15) is 0 Å². The van der Waals surface area contributed by atoms with Crippen LogP contribution in [0, 0.1) is 11.8 Å². The van der Waals surface area contributed by atoms with Crippen molar-refractivity contribution in [2.75, 3.05) is 20.2 Å². The molecule has 1 aromatic carbocycles. The average Bonchev–Trinajstić information content (AvgIpc) is 3.20. The van der Waals surface area contributed by atoms with Gasteiger partial charge in [0, 0.05) is 34.0 Å². The predicted octanol–water partition coefficient (Wildman–Crippen LogP) is 6.96. The van der Waals surface area contributed by atoms with Gasteiger partial charge in [0.2, 0.25) is 0 Å². The number of nitrogens with zero attached hydrogens (tertiary/aromatic N) is 1. The van der Waals surface area contributed by atoms with Crippen LogP contribution in [0.2, 0.25) is 0 Å². The molecule has 4 rings (SSSR count). The van der Waals surface area contributed by atoms with Crippen molar-refractivity contribution in [2.45, 2.75) is 110 Å². The fourth-order valence-electron chi connectivity index (χ4n) is 6.16. The lowest BCUT2D eigenvalue weighted by molar-refractivity contribution is -0.143. The highest BCUT2D eigenvalue weighted by atomic mass is 16.5. The average molecular weight is 453 g/mol. The SMILES string of the molecule is CC1COC1C1C(Cc2c(C(C)(C)C)[nH]c3cc(C(C)(C)C)cc(C(C)(C)C)c23)CCN1C. The van der Waals surface area contributed by atoms with Crippen LogP contribution in [-0.4, -0.2) is 42.2 Å². The number of hydrogen-bond acceptors (Lipinski definition) is 2. The molecular weight excluding hydrogens is 404 g/mol. The molecule has 2 aliphatic rings. The van der Waals surface area contributed by atoms with Crippen molar-refractivity contribution < 1.29 is 4.74 Å². The molecule has 2 fully saturated rings. The highest BCUT2D eigenvalue weighted by Crippen LogP contribution is 2.44. The summed E-state index contributed by atoms with van der Waals surface area (Å²) in [4.78, 5) is 6.52. The molecule has 0 bridgehead atoms. The lowest BCUT2D eigenvalue weighted by atomic mass is 9.76. The maximum atomic E-state index is 6.11. The number of nitrogens with one attached hydrogen (secondary N) is 1. The molecule has 2 saturated heterocycles. The molecule has 0 radical (unpaired) electrons. The van der Waals surface area contributed by atoms with Crippen molar-refractivity contribution in [1.29, 1.82) is 0 Å². The molecule has 184 valence electrons. The molecule has 4 unspecified atom stereocenters. The molecule has 1 N–H and O–H groups in total. The van der Waals surface area contributed by atoms with Crippen LogP contribution in [0.15, 0.2) is 12.1 Å². The zero-order valence-corrected chi connectivity index (χ0v) is 23.1. The Bertz CT molecular complexity index is 1010. The van der Waals surface area contributed by atoms with Crippen molar-refractivity contribution in [3.63, 3.8) is 0 Å². The first kappa shape index (κ1) is 24.8. The second kappa shape index (κ2) is 8.12. The van der Waals surface area contributed by atoms with Crippen molar-refractivity contribution >= 4 is 10.9 Å². The van der Waals surface area contributed by atoms with Gasteiger partial charge in [0.25, 0.3) is 0 Å². The van der Waals surface area contributed by atoms with Gasteiger partial charge >= 0.3 is 0 Å². The minimum absolute atomic E-state index is 0.0751. The van der Waals surface area contributed by atoms with Gasteiger partial charge in [-0.25, -0.2) is 0 Å². The number of aromatic nitrogens is 1. The van der Waals surface area contributed by atoms with Crippen molar-refractivity contribution in [2.24, 2.45) is 11.8 Å². The van der Waals surface area contributed by atoms with E-state index < -0.39 is 0 Å². The zero-order chi connectivity index (χ0) is 24.5. The van der Waals surface area contributed by atoms with Gasteiger partial charge in [-0.05, 0) is 65.9 Å². The van der Waals surface area contributed by atoms with Crippen LogP contribution in [0.25, 0.3) is 10.9 Å². The minimum atomic E-state index is 0.0751. The van der Waals surface area contributed by atoms with Crippen molar-refractivity contribution in [1.82, 2.24) is 9.88 Å². The fraction of sp³-hybridized carbons (Fsp3) is 0.733. The Morgan fingerprint density at radius 2 is 1.64 bits per heavy atom. The Morgan fingerprint density at radius 3 is 2.12 bits per heavy atom. The summed E-state index contributed by atoms with van der Waals surface area (Å²) in [5.41, 5.74) is 7.49. The van der Waals surface area contributed by atoms with Crippen LogP contribution < -0.4 is 0 Å². The molecule has 3 heteroatoms. The third kappa shape index (κ3) is 4.52. The Labute approximate surface area is 202 Å². The molecule has 1 aromatic heterocycles. The highest BCUT2D eigenvalue weighted by molar-refractivity contribution is 5.90. The van der Waals surface area contributed by atoms with E-state index in [2.05, 4.69) is 98.3 Å². The van der Waals surface area contributed by atoms with Gasteiger partial charge in [-0.3, -0.25) is 0 Å². The van der Waals surface area contributed by atoms with Gasteiger partial charge in [0.05, 0.1) is 12.7 Å². The predicted molar refractivity (Wildman–Crippen MR) is 142 cm³/mol. The Kier molecular flexibility index (Phi) is 6.10. The third-order valence-electron chi connectivity index (χ3n) is 8.19. The number of H-pyrrole nitrogens is 1. The summed E-state index contributed by atoms with van der Waals surface area (Å²) >= 11 is 0. The summed E-state index contributed by atoms with van der Waals surface area (Å²) < 4.78 is 6.11. The van der Waals surface area contributed by atoms with E-state index >= 15 is 0 Å². The number of likely N-dealkylation sites (N-methyl/N-ethyl adjacent to an activating group) is 1. The number of likely N-dealkylation sites (tertiary alicyclic amines) is 1. The van der Waals surface area contributed by atoms with Crippen molar-refractivity contribution in [3.8, 4) is 0 Å². The minimum Gasteiger partial charge on any atom is -0.376 e. The topological polar surface area (TPSA) is 28.3 Å². The van der Waals surface area contributed by atoms with E-state index in [1.807, 2.05) is 0 Å². The van der Waals surface area contributed by atoms with Crippen LogP contribution in [0.3, 0.4) is 0 Å². The monoisotopic (exact) mass is 452 g/mol. The Balaban J connectivity index is 1.89. The van der Waals surface area contributed by atoms with E-state index in [1.165, 1.54) is 40.7 Å². The lowest BCUT2D eigenvalue weighted by Crippen LogP contribution is -2.53. The maximum absolute atomic E-state index is 6.11. The summed E-state index contributed by atoms with van der Waals surface area (Å²) in [6, 6.07) is 5.46. The zero-order valence-electron chi connectivity index (χ0n) is 23.1. The number of fused-ring (bicyclic) bond motifs is 1. The summed E-state index contributed by atoms with van der Waals surface area (Å²) in [7, 11) is 2.30. The van der Waals surface area contributed by atoms with E-state index in [-0.39, 0.29) is 16.2 Å². The molecule has 3 heterocycles. The Hall–Kier alpha value is -1.32. The van der Waals surface area contributed by atoms with E-state index in [1.54, 1.807) is 5.56 Å². The number of rotatable bonds is 3. The number of aromatic amines is 1. The van der Waals surface area contributed by atoms with Crippen LogP contribution in [0.4, 0.5) is 0 Å². The van der Waals surface area contributed by atoms with Crippen molar-refractivity contribution in [3.05, 3.63) is 34.5 Å². The van der Waals surface area contributed by atoms with Crippen LogP contribution >= 0.6 is 0 Å². The first-order chi connectivity index (χ1) is 15.1. The standard InChI is InChI=1S/C30H48N2O/c1-18-17-33-26(18)25-19(12-13-32(25)11)14-21-24-22(29(5,6)7)15-20(28(2,3)4)16-23(24)31-27(21)30(8,9)10/h15-16,18-19,25-26,31H,12-14,17H2,1-11H3. The normalized spacial score (nSPS) is 27.4. The van der Waals surface area contributed by atoms with Gasteiger partial charge in [-0.1, -0.05) is 75.3 Å². The highest BCUT2D eigenvalue weighted by Gasteiger charge is 2.45. The molecule has 2 aromatic rings. The fourth-order valence-corrected chi connectivity index (χ4v) is 6.16. The first-order valence-corrected chi connectivity index (χ1v) is 13.1. The second-order valence-corrected chi connectivity index (χ2v) is 14.2. The summed E-state index contributed by atoms with van der Waals surface area (Å²) in [5.74, 6) is 1.31. The molecule has 33 heavy (non-hydrogen) atoms. The van der Waals surface area contributed by atoms with Gasteiger partial charge < -0.3 is 14.6 Å². The van der Waals surface area contributed by atoms with Gasteiger partial charge in [0.1, 0.15) is 0 Å². The van der Waals surface area contributed by atoms with Crippen LogP contribution in [0.5, 0.6) is 0 Å². The molecule has 3 nitrogen and oxygen atoms in total. The first-order valence-electron chi connectivity index (χ1n) is 13.1. The lowest BCUT2D eigenvalue weighted by Gasteiger charge is -2.43. The van der Waals surface area contributed by atoms with E-state index in [0.717, 1.165) is 13.0 Å². The molecule has 0 aliphatic carbocycles. The Morgan fingerprint density at radius 1 is 0.970 bits per heavy atom. The van der Waals surface area contributed by atoms with Crippen LogP contribution in [0.1, 0.15) is 98.0 Å². The number of benzene rings is 1. The summed E-state index contributed by atoms with van der Waals surface area (Å²) in [5, 5.41) is 1.48. The molecule has 0 amide bonds. The van der Waals surface area contributed by atoms with Gasteiger partial charge in [-0.15, -0.1) is 0 Å². The quantitative estimate of drug-likeness (QED) is 0.545. The van der Waals surface area contributed by atoms with Gasteiger partial charge in [0.15, 0.2) is 0 Å². The van der Waals surface area contributed by atoms with E-state index in [4.69, 9.17) is 4.74 Å². The number of hydrogen-bond donors (Lipinski definition) is 1.